The number of carboxylic acids is 1. The Balaban J connectivity index is 1.17. The van der Waals surface area contributed by atoms with E-state index in [9.17, 15) is 14.7 Å². The van der Waals surface area contributed by atoms with E-state index < -0.39 is 11.8 Å². The number of benzene rings is 2. The largest absolute Gasteiger partial charge is 0.481 e. The molecule has 6 rings (SSSR count). The number of likely N-dealkylation sites (tertiary alicyclic amines) is 1. The zero-order valence-electron chi connectivity index (χ0n) is 23.2. The van der Waals surface area contributed by atoms with Crippen LogP contribution >= 0.6 is 0 Å². The number of carboxylic acid groups (broad SMARTS) is 1. The van der Waals surface area contributed by atoms with Crippen molar-refractivity contribution in [3.63, 3.8) is 0 Å². The number of oxazole rings is 1. The van der Waals surface area contributed by atoms with E-state index in [4.69, 9.17) is 13.9 Å². The Morgan fingerprint density at radius 2 is 1.90 bits per heavy atom. The van der Waals surface area contributed by atoms with E-state index in [-0.39, 0.29) is 47.6 Å². The summed E-state index contributed by atoms with van der Waals surface area (Å²) in [6.45, 7) is 0.748. The Morgan fingerprint density at radius 1 is 1.12 bits per heavy atom. The molecule has 41 heavy (non-hydrogen) atoms. The second-order valence-corrected chi connectivity index (χ2v) is 11.2. The predicted molar refractivity (Wildman–Crippen MR) is 150 cm³/mol. The molecule has 1 saturated heterocycles. The van der Waals surface area contributed by atoms with E-state index in [2.05, 4.69) is 4.98 Å². The summed E-state index contributed by atoms with van der Waals surface area (Å²) >= 11 is 0. The van der Waals surface area contributed by atoms with Gasteiger partial charge in [0, 0.05) is 43.4 Å². The molecule has 1 saturated carbocycles. The molecule has 4 aromatic rings. The van der Waals surface area contributed by atoms with E-state index in [1.807, 2.05) is 42.1 Å². The topological polar surface area (TPSA) is 107 Å². The van der Waals surface area contributed by atoms with Crippen LogP contribution in [0.2, 0.25) is 0 Å². The summed E-state index contributed by atoms with van der Waals surface area (Å²) in [4.78, 5) is 31.0. The lowest BCUT2D eigenvalue weighted by molar-refractivity contribution is -0.144. The van der Waals surface area contributed by atoms with Crippen molar-refractivity contribution in [2.75, 3.05) is 20.3 Å². The van der Waals surface area contributed by atoms with Gasteiger partial charge in [0.1, 0.15) is 5.52 Å². The molecule has 1 aliphatic heterocycles. The second kappa shape index (κ2) is 11.3. The summed E-state index contributed by atoms with van der Waals surface area (Å²) in [5.41, 5.74) is 2.47. The summed E-state index contributed by atoms with van der Waals surface area (Å²) in [7, 11) is 3.53. The lowest BCUT2D eigenvalue weighted by atomic mass is 9.87. The maximum atomic E-state index is 15.7. The number of carbonyl (C=O) groups excluding carboxylic acids is 1. The highest BCUT2D eigenvalue weighted by Crippen LogP contribution is 2.34. The van der Waals surface area contributed by atoms with Crippen molar-refractivity contribution in [2.24, 2.45) is 13.0 Å². The molecule has 2 atom stereocenters. The average molecular weight is 564 g/mol. The zero-order valence-corrected chi connectivity index (χ0v) is 23.2. The molecule has 0 bridgehead atoms. The first-order chi connectivity index (χ1) is 19.8. The summed E-state index contributed by atoms with van der Waals surface area (Å²) in [6.07, 6.45) is 4.81. The van der Waals surface area contributed by atoms with Gasteiger partial charge in [0.15, 0.2) is 11.4 Å². The molecule has 2 aromatic carbocycles. The number of nitrogens with zero attached hydrogens (tertiary/aromatic N) is 3. The number of rotatable bonds is 8. The molecule has 2 fully saturated rings. The van der Waals surface area contributed by atoms with Gasteiger partial charge >= 0.3 is 5.97 Å². The lowest BCUT2D eigenvalue weighted by Gasteiger charge is -2.28. The Bertz CT molecular complexity index is 1590. The highest BCUT2D eigenvalue weighted by atomic mass is 19.1. The third-order valence-corrected chi connectivity index (χ3v) is 8.51. The number of aryl methyl sites for hydroxylation is 1. The number of hydrogen-bond acceptors (Lipinski definition) is 6. The van der Waals surface area contributed by atoms with Crippen LogP contribution in [-0.4, -0.2) is 69.9 Å². The summed E-state index contributed by atoms with van der Waals surface area (Å²) in [5.74, 6) is -1.52. The van der Waals surface area contributed by atoms with Crippen LogP contribution in [0.4, 0.5) is 4.39 Å². The maximum Gasteiger partial charge on any atom is 0.306 e. The fourth-order valence-corrected chi connectivity index (χ4v) is 6.38. The minimum Gasteiger partial charge on any atom is -0.481 e. The Kier molecular flexibility index (Phi) is 7.52. The number of ether oxygens (including phenoxy) is 2. The minimum absolute atomic E-state index is 0.0175. The first kappa shape index (κ1) is 27.4. The molecule has 2 aromatic heterocycles. The van der Waals surface area contributed by atoms with Crippen molar-refractivity contribution in [1.82, 2.24) is 14.5 Å². The van der Waals surface area contributed by atoms with E-state index in [1.165, 1.54) is 0 Å². The number of fused-ring (bicyclic) bond motifs is 2. The van der Waals surface area contributed by atoms with E-state index in [0.29, 0.717) is 56.7 Å². The molecule has 2 aliphatic rings. The van der Waals surface area contributed by atoms with Gasteiger partial charge in [-0.3, -0.25) is 9.59 Å². The molecule has 0 spiro atoms. The molecule has 3 heterocycles. The van der Waals surface area contributed by atoms with Gasteiger partial charge < -0.3 is 28.5 Å². The fraction of sp³-hybridized carbons (Fsp3) is 0.452. The highest BCUT2D eigenvalue weighted by molar-refractivity contribution is 5.95. The first-order valence-electron chi connectivity index (χ1n) is 14.1. The number of aromatic nitrogens is 2. The van der Waals surface area contributed by atoms with Crippen molar-refractivity contribution in [3.05, 3.63) is 54.0 Å². The lowest BCUT2D eigenvalue weighted by Crippen LogP contribution is -2.39. The number of aliphatic carboxylic acids is 1. The Labute approximate surface area is 236 Å². The van der Waals surface area contributed by atoms with Gasteiger partial charge in [-0.15, -0.1) is 0 Å². The molecule has 10 heteroatoms. The van der Waals surface area contributed by atoms with Gasteiger partial charge in [0.2, 0.25) is 11.8 Å². The minimum atomic E-state index is -0.748. The monoisotopic (exact) mass is 563 g/mol. The first-order valence-corrected chi connectivity index (χ1v) is 14.1. The van der Waals surface area contributed by atoms with Crippen LogP contribution < -0.4 is 0 Å². The zero-order chi connectivity index (χ0) is 28.7. The molecule has 216 valence electrons. The van der Waals surface area contributed by atoms with Crippen molar-refractivity contribution in [2.45, 2.75) is 56.8 Å². The van der Waals surface area contributed by atoms with Crippen molar-refractivity contribution >= 4 is 33.9 Å². The van der Waals surface area contributed by atoms with Gasteiger partial charge in [0.25, 0.3) is 0 Å². The van der Waals surface area contributed by atoms with E-state index in [0.717, 1.165) is 16.5 Å². The number of para-hydroxylation sites is 1. The number of hydrogen-bond donors (Lipinski definition) is 1. The predicted octanol–water partition coefficient (Wildman–Crippen LogP) is 4.94. The van der Waals surface area contributed by atoms with Crippen LogP contribution in [0, 0.1) is 11.7 Å². The van der Waals surface area contributed by atoms with Gasteiger partial charge in [-0.1, -0.05) is 24.3 Å². The van der Waals surface area contributed by atoms with Gasteiger partial charge in [-0.05, 0) is 44.2 Å². The van der Waals surface area contributed by atoms with Crippen molar-refractivity contribution in [1.29, 1.82) is 0 Å². The molecule has 1 N–H and O–H groups in total. The number of methoxy groups -OCH3 is 1. The van der Waals surface area contributed by atoms with Gasteiger partial charge in [-0.2, -0.15) is 0 Å². The van der Waals surface area contributed by atoms with Crippen molar-refractivity contribution < 1.29 is 33.0 Å². The maximum absolute atomic E-state index is 15.7. The molecule has 1 aliphatic carbocycles. The summed E-state index contributed by atoms with van der Waals surface area (Å²) < 4.78 is 35.3. The van der Waals surface area contributed by atoms with Crippen LogP contribution in [0.1, 0.15) is 37.7 Å². The number of halogens is 1. The Hall–Kier alpha value is -3.76. The quantitative estimate of drug-likeness (QED) is 0.324. The summed E-state index contributed by atoms with van der Waals surface area (Å²) in [5, 5.41) is 10.2. The molecule has 0 unspecified atom stereocenters. The third kappa shape index (κ3) is 5.34. The molecule has 0 radical (unpaired) electrons. The van der Waals surface area contributed by atoms with Crippen LogP contribution in [0.3, 0.4) is 0 Å². The smallest absolute Gasteiger partial charge is 0.306 e. The fourth-order valence-electron chi connectivity index (χ4n) is 6.38. The number of carbonyl (C=O) groups is 2. The van der Waals surface area contributed by atoms with Gasteiger partial charge in [0.05, 0.1) is 42.8 Å². The standard InChI is InChI=1S/C31H34FN3O6/c1-34-16-24(23-5-3-4-6-26(23)34)30-33-25-12-9-19(28(32)29(25)41-30)13-27(36)35-15-22(14-20(35)17-39-2)40-21-10-7-18(8-11-21)31(37)38/h3-6,9,12,16,18,20-22H,7-8,10-11,13-15,17H2,1-2H3,(H,37,38)/t18?,20-,21?,22+/m0/s1. The van der Waals surface area contributed by atoms with E-state index in [1.54, 1.807) is 24.1 Å². The van der Waals surface area contributed by atoms with Gasteiger partial charge in [-0.25, -0.2) is 9.37 Å². The summed E-state index contributed by atoms with van der Waals surface area (Å²) in [6, 6.07) is 11.0. The SMILES string of the molecule is COC[C@@H]1C[C@@H](OC2CCC(C(=O)O)CC2)CN1C(=O)Cc1ccc2nc(-c3cn(C)c4ccccc34)oc2c1F. The highest BCUT2D eigenvalue weighted by Gasteiger charge is 2.38. The molecular weight excluding hydrogens is 529 g/mol. The van der Waals surface area contributed by atoms with Crippen molar-refractivity contribution in [3.8, 4) is 11.5 Å². The molecule has 9 nitrogen and oxygen atoms in total. The average Bonchev–Trinajstić information content (AvgIpc) is 3.67. The van der Waals surface area contributed by atoms with Crippen LogP contribution in [-0.2, 0) is 32.5 Å². The molecular formula is C31H34FN3O6. The third-order valence-electron chi connectivity index (χ3n) is 8.51. The normalized spacial score (nSPS) is 23.0. The van der Waals surface area contributed by atoms with E-state index >= 15 is 4.39 Å². The van der Waals surface area contributed by atoms with Crippen LogP contribution in [0.5, 0.6) is 0 Å². The van der Waals surface area contributed by atoms with Crippen LogP contribution in [0.25, 0.3) is 33.5 Å². The molecule has 1 amide bonds. The second-order valence-electron chi connectivity index (χ2n) is 11.2. The van der Waals surface area contributed by atoms with Crippen LogP contribution in [0.15, 0.2) is 47.0 Å². The number of amides is 1. The Morgan fingerprint density at radius 3 is 2.66 bits per heavy atom.